The Bertz CT molecular complexity index is 462. The molecule has 1 fully saturated rings. The molecule has 3 N–H and O–H groups in total. The molecule has 18 heavy (non-hydrogen) atoms. The van der Waals surface area contributed by atoms with Crippen LogP contribution in [0.25, 0.3) is 0 Å². The van der Waals surface area contributed by atoms with Crippen LogP contribution in [-0.2, 0) is 0 Å². The Balaban J connectivity index is 2.13. The first-order valence-corrected chi connectivity index (χ1v) is 6.39. The molecule has 0 aliphatic carbocycles. The second kappa shape index (κ2) is 5.16. The highest BCUT2D eigenvalue weighted by molar-refractivity contribution is 6.31. The molecule has 2 atom stereocenters. The van der Waals surface area contributed by atoms with Crippen molar-refractivity contribution < 1.29 is 9.90 Å². The Morgan fingerprint density at radius 2 is 2.33 bits per heavy atom. The van der Waals surface area contributed by atoms with E-state index in [-0.39, 0.29) is 17.9 Å². The zero-order valence-corrected chi connectivity index (χ0v) is 11.0. The summed E-state index contributed by atoms with van der Waals surface area (Å²) in [6.07, 6.45) is 0.446. The third kappa shape index (κ3) is 2.60. The Hall–Kier alpha value is -1.26. The zero-order valence-electron chi connectivity index (χ0n) is 10.3. The van der Waals surface area contributed by atoms with Gasteiger partial charge in [-0.15, -0.1) is 0 Å². The second-order valence-electron chi connectivity index (χ2n) is 4.77. The number of rotatable bonds is 2. The first-order valence-electron chi connectivity index (χ1n) is 6.01. The van der Waals surface area contributed by atoms with E-state index in [1.54, 1.807) is 30.0 Å². The van der Waals surface area contributed by atoms with Gasteiger partial charge in [0.25, 0.3) is 5.91 Å². The molecular formula is C13H17ClN2O2. The number of halogens is 1. The number of anilines is 1. The van der Waals surface area contributed by atoms with Gasteiger partial charge >= 0.3 is 0 Å². The molecule has 98 valence electrons. The molecular weight excluding hydrogens is 252 g/mol. The van der Waals surface area contributed by atoms with Crippen LogP contribution in [0.5, 0.6) is 0 Å². The van der Waals surface area contributed by atoms with Gasteiger partial charge in [-0.05, 0) is 31.5 Å². The third-order valence-corrected chi connectivity index (χ3v) is 3.67. The number of aliphatic hydroxyl groups excluding tert-OH is 1. The number of aliphatic hydroxyl groups is 1. The first kappa shape index (κ1) is 13.2. The van der Waals surface area contributed by atoms with Crippen LogP contribution in [0.4, 0.5) is 5.69 Å². The van der Waals surface area contributed by atoms with Crippen LogP contribution in [0.15, 0.2) is 18.2 Å². The van der Waals surface area contributed by atoms with E-state index in [0.29, 0.717) is 29.4 Å². The van der Waals surface area contributed by atoms with Crippen LogP contribution in [0.1, 0.15) is 23.7 Å². The van der Waals surface area contributed by atoms with Gasteiger partial charge in [-0.3, -0.25) is 4.79 Å². The van der Waals surface area contributed by atoms with Crippen molar-refractivity contribution in [1.82, 2.24) is 4.90 Å². The summed E-state index contributed by atoms with van der Waals surface area (Å²) in [5.41, 5.74) is 6.68. The molecule has 1 aliphatic rings. The fourth-order valence-corrected chi connectivity index (χ4v) is 2.44. The van der Waals surface area contributed by atoms with Crippen molar-refractivity contribution >= 4 is 23.2 Å². The topological polar surface area (TPSA) is 66.6 Å². The van der Waals surface area contributed by atoms with Crippen molar-refractivity contribution in [3.63, 3.8) is 0 Å². The highest BCUT2D eigenvalue weighted by atomic mass is 35.5. The Labute approximate surface area is 111 Å². The maximum Gasteiger partial charge on any atom is 0.255 e. The Morgan fingerprint density at radius 3 is 2.89 bits per heavy atom. The molecule has 5 heteroatoms. The van der Waals surface area contributed by atoms with E-state index in [1.807, 2.05) is 0 Å². The first-order chi connectivity index (χ1) is 8.49. The number of carbonyl (C=O) groups is 1. The summed E-state index contributed by atoms with van der Waals surface area (Å²) < 4.78 is 0. The van der Waals surface area contributed by atoms with E-state index in [4.69, 9.17) is 17.3 Å². The number of nitrogens with zero attached hydrogens (tertiary/aromatic N) is 1. The Kier molecular flexibility index (Phi) is 3.78. The summed E-state index contributed by atoms with van der Waals surface area (Å²) in [6.45, 7) is 3.00. The number of nitrogens with two attached hydrogens (primary N) is 1. The van der Waals surface area contributed by atoms with Crippen molar-refractivity contribution in [3.05, 3.63) is 28.8 Å². The number of amides is 1. The van der Waals surface area contributed by atoms with Gasteiger partial charge in [0.2, 0.25) is 0 Å². The van der Waals surface area contributed by atoms with Crippen molar-refractivity contribution in [3.8, 4) is 0 Å². The predicted octanol–water partition coefficient (Wildman–Crippen LogP) is 1.77. The van der Waals surface area contributed by atoms with Gasteiger partial charge in [0.15, 0.2) is 0 Å². The molecule has 1 aromatic carbocycles. The highest BCUT2D eigenvalue weighted by Crippen LogP contribution is 2.24. The van der Waals surface area contributed by atoms with Gasteiger partial charge in [0.1, 0.15) is 0 Å². The van der Waals surface area contributed by atoms with Gasteiger partial charge in [0.05, 0.1) is 11.7 Å². The molecule has 0 spiro atoms. The van der Waals surface area contributed by atoms with E-state index in [2.05, 4.69) is 0 Å². The number of hydrogen-bond acceptors (Lipinski definition) is 3. The summed E-state index contributed by atoms with van der Waals surface area (Å²) in [4.78, 5) is 14.0. The van der Waals surface area contributed by atoms with E-state index in [1.165, 1.54) is 0 Å². The number of nitrogen functional groups attached to an aromatic ring is 1. The number of carbonyl (C=O) groups excluding carboxylic acids is 1. The average Bonchev–Trinajstić information content (AvgIpc) is 2.77. The molecule has 0 aromatic heterocycles. The third-order valence-electron chi connectivity index (χ3n) is 3.44. The van der Waals surface area contributed by atoms with Crippen LogP contribution in [0.3, 0.4) is 0 Å². The predicted molar refractivity (Wildman–Crippen MR) is 71.6 cm³/mol. The van der Waals surface area contributed by atoms with Crippen molar-refractivity contribution in [2.45, 2.75) is 19.4 Å². The molecule has 1 heterocycles. The molecule has 1 amide bonds. The lowest BCUT2D eigenvalue weighted by Gasteiger charge is -2.18. The van der Waals surface area contributed by atoms with Crippen LogP contribution in [0, 0.1) is 5.92 Å². The van der Waals surface area contributed by atoms with Gasteiger partial charge in [-0.25, -0.2) is 0 Å². The fourth-order valence-electron chi connectivity index (χ4n) is 2.26. The molecule has 1 aromatic rings. The summed E-state index contributed by atoms with van der Waals surface area (Å²) >= 11 is 5.81. The van der Waals surface area contributed by atoms with Crippen molar-refractivity contribution in [1.29, 1.82) is 0 Å². The lowest BCUT2D eigenvalue weighted by Crippen LogP contribution is -2.30. The highest BCUT2D eigenvalue weighted by Gasteiger charge is 2.30. The molecule has 2 unspecified atom stereocenters. The standard InChI is InChI=1S/C13H17ClN2O2/c1-8(17)9-4-5-16(7-9)13(18)11-3-2-10(14)6-12(11)15/h2-3,6,8-9,17H,4-5,7,15H2,1H3. The minimum absolute atomic E-state index is 0.0904. The fraction of sp³-hybridized carbons (Fsp3) is 0.462. The van der Waals surface area contributed by atoms with Crippen LogP contribution in [0.2, 0.25) is 5.02 Å². The van der Waals surface area contributed by atoms with Gasteiger partial charge in [0, 0.05) is 29.7 Å². The van der Waals surface area contributed by atoms with Gasteiger partial charge in [-0.1, -0.05) is 11.6 Å². The minimum atomic E-state index is -0.384. The smallest absolute Gasteiger partial charge is 0.255 e. The minimum Gasteiger partial charge on any atom is -0.398 e. The van der Waals surface area contributed by atoms with E-state index in [0.717, 1.165) is 6.42 Å². The molecule has 4 nitrogen and oxygen atoms in total. The second-order valence-corrected chi connectivity index (χ2v) is 5.21. The van der Waals surface area contributed by atoms with Gasteiger partial charge < -0.3 is 15.7 Å². The lowest BCUT2D eigenvalue weighted by molar-refractivity contribution is 0.0763. The van der Waals surface area contributed by atoms with Crippen LogP contribution < -0.4 is 5.73 Å². The zero-order chi connectivity index (χ0) is 13.3. The lowest BCUT2D eigenvalue weighted by atomic mass is 10.0. The SMILES string of the molecule is CC(O)C1CCN(C(=O)c2ccc(Cl)cc2N)C1. The molecule has 2 rings (SSSR count). The summed E-state index contributed by atoms with van der Waals surface area (Å²) in [7, 11) is 0. The monoisotopic (exact) mass is 268 g/mol. The van der Waals surface area contributed by atoms with Gasteiger partial charge in [-0.2, -0.15) is 0 Å². The average molecular weight is 269 g/mol. The molecule has 1 saturated heterocycles. The van der Waals surface area contributed by atoms with Crippen LogP contribution >= 0.6 is 11.6 Å². The summed E-state index contributed by atoms with van der Waals surface area (Å²) in [5.74, 6) is 0.0646. The van der Waals surface area contributed by atoms with Crippen molar-refractivity contribution in [2.75, 3.05) is 18.8 Å². The molecule has 0 saturated carbocycles. The quantitative estimate of drug-likeness (QED) is 0.804. The number of benzene rings is 1. The molecule has 0 bridgehead atoms. The summed E-state index contributed by atoms with van der Waals surface area (Å²) in [5, 5.41) is 10.1. The van der Waals surface area contributed by atoms with E-state index >= 15 is 0 Å². The maximum atomic E-state index is 12.3. The molecule has 1 aliphatic heterocycles. The van der Waals surface area contributed by atoms with E-state index in [9.17, 15) is 9.90 Å². The summed E-state index contributed by atoms with van der Waals surface area (Å²) in [6, 6.07) is 4.89. The molecule has 0 radical (unpaired) electrons. The number of likely N-dealkylation sites (tertiary alicyclic amines) is 1. The largest absolute Gasteiger partial charge is 0.398 e. The Morgan fingerprint density at radius 1 is 1.61 bits per heavy atom. The normalized spacial score (nSPS) is 21.1. The number of hydrogen-bond donors (Lipinski definition) is 2. The van der Waals surface area contributed by atoms with Crippen molar-refractivity contribution in [2.24, 2.45) is 5.92 Å². The van der Waals surface area contributed by atoms with Crippen LogP contribution in [-0.4, -0.2) is 35.1 Å². The maximum absolute atomic E-state index is 12.3. The van der Waals surface area contributed by atoms with E-state index < -0.39 is 0 Å².